The van der Waals surface area contributed by atoms with Gasteiger partial charge in [0.2, 0.25) is 5.70 Å². The van der Waals surface area contributed by atoms with Gasteiger partial charge in [0.15, 0.2) is 17.4 Å². The number of anilines is 1. The molecule has 0 saturated heterocycles. The van der Waals surface area contributed by atoms with E-state index in [-0.39, 0.29) is 21.9 Å². The lowest BCUT2D eigenvalue weighted by Gasteiger charge is -2.17. The third-order valence-electron chi connectivity index (χ3n) is 4.58. The molecule has 0 aliphatic heterocycles. The number of nitro groups is 1. The first kappa shape index (κ1) is 21.1. The van der Waals surface area contributed by atoms with Crippen LogP contribution in [0, 0.1) is 30.9 Å². The summed E-state index contributed by atoms with van der Waals surface area (Å²) in [6.07, 6.45) is 3.52. The Morgan fingerprint density at radius 2 is 1.77 bits per heavy atom. The maximum Gasteiger partial charge on any atom is 0.272 e. The quantitative estimate of drug-likeness (QED) is 0.169. The molecule has 6 nitrogen and oxygen atoms in total. The second kappa shape index (κ2) is 8.84. The summed E-state index contributed by atoms with van der Waals surface area (Å²) >= 11 is 5.59. The maximum absolute atomic E-state index is 13.4. The maximum atomic E-state index is 13.4. The molecule has 0 atom stereocenters. The lowest BCUT2D eigenvalue weighted by atomic mass is 10.1. The number of benzene rings is 2. The zero-order valence-electron chi connectivity index (χ0n) is 16.9. The molecule has 0 aliphatic rings. The largest absolute Gasteiger partial charge is 0.867 e. The van der Waals surface area contributed by atoms with Crippen LogP contribution in [0.1, 0.15) is 22.3 Å². The van der Waals surface area contributed by atoms with Crippen molar-refractivity contribution in [2.75, 3.05) is 5.32 Å². The topological polar surface area (TPSA) is 82.1 Å². The Bertz CT molecular complexity index is 1170. The Hall–Kier alpha value is -3.58. The second-order valence-corrected chi connectivity index (χ2v) is 7.46. The summed E-state index contributed by atoms with van der Waals surface area (Å²) in [5.41, 5.74) is 3.55. The van der Waals surface area contributed by atoms with E-state index in [1.54, 1.807) is 36.0 Å². The van der Waals surface area contributed by atoms with Crippen LogP contribution in [0.2, 0.25) is 0 Å². The lowest BCUT2D eigenvalue weighted by Crippen LogP contribution is -2.40. The van der Waals surface area contributed by atoms with Gasteiger partial charge in [0.1, 0.15) is 0 Å². The average molecular weight is 420 g/mol. The number of pyridine rings is 1. The van der Waals surface area contributed by atoms with E-state index in [0.717, 1.165) is 16.8 Å². The van der Waals surface area contributed by atoms with E-state index in [1.165, 1.54) is 6.07 Å². The van der Waals surface area contributed by atoms with Gasteiger partial charge in [-0.05, 0) is 55.9 Å². The summed E-state index contributed by atoms with van der Waals surface area (Å²) < 4.78 is 1.65. The van der Waals surface area contributed by atoms with Crippen molar-refractivity contribution in [3.8, 4) is 0 Å². The molecule has 1 heterocycles. The smallest absolute Gasteiger partial charge is 0.272 e. The van der Waals surface area contributed by atoms with E-state index in [1.807, 2.05) is 50.2 Å². The third kappa shape index (κ3) is 4.69. The summed E-state index contributed by atoms with van der Waals surface area (Å²) in [4.78, 5) is 11.1. The Balaban J connectivity index is 2.14. The Morgan fingerprint density at radius 1 is 1.03 bits per heavy atom. The SMILES string of the molecule is Cc1cccc(NC(=S)C(=C([O-])c2ccc(C)c([N+](=O)[O-])c2)[n+]2cccc(C)c2)c1. The lowest BCUT2D eigenvalue weighted by molar-refractivity contribution is -0.578. The molecule has 1 N–H and O–H groups in total. The molecule has 0 radical (unpaired) electrons. The summed E-state index contributed by atoms with van der Waals surface area (Å²) in [6, 6.07) is 15.8. The molecular formula is C23H21N3O3S. The van der Waals surface area contributed by atoms with Crippen LogP contribution in [0.4, 0.5) is 11.4 Å². The van der Waals surface area contributed by atoms with Crippen LogP contribution in [-0.2, 0) is 0 Å². The summed E-state index contributed by atoms with van der Waals surface area (Å²) in [5.74, 6) is -0.404. The number of nitrogens with one attached hydrogen (secondary N) is 1. The van der Waals surface area contributed by atoms with Crippen LogP contribution in [-0.4, -0.2) is 9.91 Å². The van der Waals surface area contributed by atoms with Gasteiger partial charge in [-0.25, -0.2) is 0 Å². The van der Waals surface area contributed by atoms with Gasteiger partial charge in [-0.3, -0.25) is 10.1 Å². The van der Waals surface area contributed by atoms with Gasteiger partial charge in [-0.2, -0.15) is 4.57 Å². The molecule has 0 spiro atoms. The second-order valence-electron chi connectivity index (χ2n) is 7.05. The standard InChI is InChI=1S/C23H21N3O3S/c1-15-6-4-8-19(12-15)24-23(30)21(25-11-5-7-16(2)14-25)22(27)18-10-9-17(3)20(13-18)26(28)29/h4-14H,1-3H3,(H-,24,27,30). The molecule has 30 heavy (non-hydrogen) atoms. The highest BCUT2D eigenvalue weighted by molar-refractivity contribution is 7.81. The molecular weight excluding hydrogens is 398 g/mol. The molecule has 0 unspecified atom stereocenters. The van der Waals surface area contributed by atoms with Crippen molar-refractivity contribution < 1.29 is 14.6 Å². The zero-order chi connectivity index (χ0) is 21.8. The van der Waals surface area contributed by atoms with Crippen molar-refractivity contribution in [2.45, 2.75) is 20.8 Å². The minimum Gasteiger partial charge on any atom is -0.867 e. The molecule has 0 saturated carbocycles. The number of thiocarbonyl (C=S) groups is 1. The summed E-state index contributed by atoms with van der Waals surface area (Å²) in [7, 11) is 0. The molecule has 0 amide bonds. The van der Waals surface area contributed by atoms with Crippen LogP contribution in [0.3, 0.4) is 0 Å². The number of nitro benzene ring substituents is 1. The minimum absolute atomic E-state index is 0.105. The van der Waals surface area contributed by atoms with Gasteiger partial charge in [-0.1, -0.05) is 36.5 Å². The molecule has 0 fully saturated rings. The van der Waals surface area contributed by atoms with E-state index in [0.29, 0.717) is 5.56 Å². The predicted octanol–water partition coefficient (Wildman–Crippen LogP) is 3.93. The van der Waals surface area contributed by atoms with Crippen LogP contribution >= 0.6 is 12.2 Å². The Morgan fingerprint density at radius 3 is 2.43 bits per heavy atom. The van der Waals surface area contributed by atoms with E-state index in [4.69, 9.17) is 12.2 Å². The van der Waals surface area contributed by atoms with Crippen LogP contribution in [0.25, 0.3) is 11.5 Å². The van der Waals surface area contributed by atoms with Crippen LogP contribution < -0.4 is 15.0 Å². The fourth-order valence-corrected chi connectivity index (χ4v) is 3.38. The fourth-order valence-electron chi connectivity index (χ4n) is 3.07. The van der Waals surface area contributed by atoms with E-state index in [9.17, 15) is 15.2 Å². The van der Waals surface area contributed by atoms with Gasteiger partial charge in [0.05, 0.1) is 4.92 Å². The van der Waals surface area contributed by atoms with Gasteiger partial charge < -0.3 is 10.4 Å². The first-order chi connectivity index (χ1) is 14.3. The van der Waals surface area contributed by atoms with Crippen LogP contribution in [0.15, 0.2) is 67.0 Å². The fraction of sp³-hybridized carbons (Fsp3) is 0.130. The van der Waals surface area contributed by atoms with E-state index < -0.39 is 10.7 Å². The van der Waals surface area contributed by atoms with Gasteiger partial charge >= 0.3 is 0 Å². The molecule has 7 heteroatoms. The summed E-state index contributed by atoms with van der Waals surface area (Å²) in [5, 5.41) is 27.9. The number of hydrogen-bond acceptors (Lipinski definition) is 4. The summed E-state index contributed by atoms with van der Waals surface area (Å²) in [6.45, 7) is 5.51. The number of aryl methyl sites for hydroxylation is 3. The highest BCUT2D eigenvalue weighted by Gasteiger charge is 2.21. The van der Waals surface area contributed by atoms with Gasteiger partial charge in [0, 0.05) is 28.9 Å². The average Bonchev–Trinajstić information content (AvgIpc) is 2.68. The normalized spacial score (nSPS) is 11.6. The van der Waals surface area contributed by atoms with Crippen molar-refractivity contribution >= 4 is 40.0 Å². The van der Waals surface area contributed by atoms with E-state index >= 15 is 0 Å². The predicted molar refractivity (Wildman–Crippen MR) is 120 cm³/mol. The van der Waals surface area contributed by atoms with E-state index in [2.05, 4.69) is 5.32 Å². The molecule has 3 aromatic rings. The first-order valence-electron chi connectivity index (χ1n) is 9.29. The number of nitrogens with zero attached hydrogens (tertiary/aromatic N) is 2. The van der Waals surface area contributed by atoms with Crippen molar-refractivity contribution in [3.63, 3.8) is 0 Å². The Kier molecular flexibility index (Phi) is 6.23. The van der Waals surface area contributed by atoms with Crippen molar-refractivity contribution in [1.82, 2.24) is 0 Å². The number of aromatic nitrogens is 1. The van der Waals surface area contributed by atoms with Gasteiger partial charge in [0.25, 0.3) is 5.69 Å². The van der Waals surface area contributed by atoms with Crippen molar-refractivity contribution in [3.05, 3.63) is 99.4 Å². The molecule has 152 valence electrons. The third-order valence-corrected chi connectivity index (χ3v) is 4.88. The highest BCUT2D eigenvalue weighted by Crippen LogP contribution is 2.24. The van der Waals surface area contributed by atoms with Crippen molar-refractivity contribution in [1.29, 1.82) is 0 Å². The van der Waals surface area contributed by atoms with Crippen LogP contribution in [0.5, 0.6) is 0 Å². The monoisotopic (exact) mass is 419 g/mol. The molecule has 1 aromatic heterocycles. The Labute approximate surface area is 180 Å². The first-order valence-corrected chi connectivity index (χ1v) is 9.70. The molecule has 0 aliphatic carbocycles. The highest BCUT2D eigenvalue weighted by atomic mass is 32.1. The van der Waals surface area contributed by atoms with Gasteiger partial charge in [-0.15, -0.1) is 0 Å². The molecule has 3 rings (SSSR count). The molecule has 0 bridgehead atoms. The minimum atomic E-state index is -0.491. The number of hydrogen-bond donors (Lipinski definition) is 1. The molecule has 2 aromatic carbocycles. The number of rotatable bonds is 5. The van der Waals surface area contributed by atoms with Crippen molar-refractivity contribution in [2.24, 2.45) is 0 Å². The zero-order valence-corrected chi connectivity index (χ0v) is 17.7.